The molecule has 1 heterocycles. The lowest BCUT2D eigenvalue weighted by Gasteiger charge is -2.07. The van der Waals surface area contributed by atoms with E-state index in [9.17, 15) is 8.42 Å². The zero-order valence-electron chi connectivity index (χ0n) is 9.48. The van der Waals surface area contributed by atoms with Gasteiger partial charge in [-0.2, -0.15) is 0 Å². The Morgan fingerprint density at radius 3 is 2.75 bits per heavy atom. The van der Waals surface area contributed by atoms with Crippen LogP contribution < -0.4 is 11.1 Å². The summed E-state index contributed by atoms with van der Waals surface area (Å²) in [6.07, 6.45) is 2.44. The highest BCUT2D eigenvalue weighted by Gasteiger charge is 2.30. The van der Waals surface area contributed by atoms with E-state index in [4.69, 9.17) is 5.73 Å². The van der Waals surface area contributed by atoms with Crippen LogP contribution in [-0.2, 0) is 9.84 Å². The first kappa shape index (κ1) is 16.0. The zero-order chi connectivity index (χ0) is 11.3. The Labute approximate surface area is 114 Å². The Morgan fingerprint density at radius 2 is 2.25 bits per heavy atom. The smallest absolute Gasteiger partial charge is 0.188 e. The molecular formula is C9H20IN3O2S. The van der Waals surface area contributed by atoms with Crippen molar-refractivity contribution < 1.29 is 8.42 Å². The van der Waals surface area contributed by atoms with Gasteiger partial charge in [0.1, 0.15) is 0 Å². The Morgan fingerprint density at radius 1 is 1.56 bits per heavy atom. The fourth-order valence-electron chi connectivity index (χ4n) is 1.57. The van der Waals surface area contributed by atoms with Crippen LogP contribution in [0.3, 0.4) is 0 Å². The maximum absolute atomic E-state index is 11.5. The van der Waals surface area contributed by atoms with Gasteiger partial charge in [-0.15, -0.1) is 24.0 Å². The molecule has 7 heteroatoms. The first-order chi connectivity index (χ1) is 7.06. The van der Waals surface area contributed by atoms with Crippen molar-refractivity contribution in [1.82, 2.24) is 5.32 Å². The summed E-state index contributed by atoms with van der Waals surface area (Å²) in [5.41, 5.74) is 5.57. The van der Waals surface area contributed by atoms with Gasteiger partial charge in [0.2, 0.25) is 0 Å². The maximum Gasteiger partial charge on any atom is 0.188 e. The van der Waals surface area contributed by atoms with Crippen LogP contribution in [0.1, 0.15) is 26.2 Å². The third kappa shape index (κ3) is 4.86. The van der Waals surface area contributed by atoms with Crippen LogP contribution in [0.5, 0.6) is 0 Å². The van der Waals surface area contributed by atoms with Gasteiger partial charge in [0, 0.05) is 6.54 Å². The average molecular weight is 361 g/mol. The van der Waals surface area contributed by atoms with Crippen molar-refractivity contribution in [1.29, 1.82) is 0 Å². The molecule has 5 nitrogen and oxygen atoms in total. The van der Waals surface area contributed by atoms with E-state index in [1.165, 1.54) is 0 Å². The van der Waals surface area contributed by atoms with Crippen molar-refractivity contribution in [3.05, 3.63) is 0 Å². The molecule has 96 valence electrons. The summed E-state index contributed by atoms with van der Waals surface area (Å²) in [5, 5.41) is 2.60. The number of nitrogens with zero attached hydrogens (tertiary/aromatic N) is 1. The molecule has 0 bridgehead atoms. The third-order valence-corrected chi connectivity index (χ3v) is 4.74. The summed E-state index contributed by atoms with van der Waals surface area (Å²) >= 11 is 0. The van der Waals surface area contributed by atoms with Crippen molar-refractivity contribution in [2.24, 2.45) is 10.7 Å². The molecule has 0 aromatic carbocycles. The molecule has 1 rings (SSSR count). The lowest BCUT2D eigenvalue weighted by Crippen LogP contribution is -2.33. The molecule has 0 aliphatic carbocycles. The van der Waals surface area contributed by atoms with Crippen LogP contribution in [-0.4, -0.2) is 38.5 Å². The Hall–Kier alpha value is -0.0500. The highest BCUT2D eigenvalue weighted by Crippen LogP contribution is 2.19. The summed E-state index contributed by atoms with van der Waals surface area (Å²) in [6, 6.07) is 0. The molecule has 1 unspecified atom stereocenters. The van der Waals surface area contributed by atoms with Gasteiger partial charge >= 0.3 is 0 Å². The molecule has 1 fully saturated rings. The minimum absolute atomic E-state index is 0. The highest BCUT2D eigenvalue weighted by molar-refractivity contribution is 14.0. The molecule has 0 saturated carbocycles. The summed E-state index contributed by atoms with van der Waals surface area (Å²) in [7, 11) is -2.89. The van der Waals surface area contributed by atoms with Crippen molar-refractivity contribution >= 4 is 39.8 Å². The molecular weight excluding hydrogens is 341 g/mol. The first-order valence-corrected chi connectivity index (χ1v) is 7.03. The van der Waals surface area contributed by atoms with Crippen LogP contribution in [0.25, 0.3) is 0 Å². The van der Waals surface area contributed by atoms with E-state index in [1.807, 2.05) is 6.92 Å². The molecule has 0 aromatic rings. The summed E-state index contributed by atoms with van der Waals surface area (Å²) < 4.78 is 22.9. The Balaban J connectivity index is 0.00000225. The van der Waals surface area contributed by atoms with Gasteiger partial charge in [0.25, 0.3) is 0 Å². The minimum atomic E-state index is -2.89. The largest absolute Gasteiger partial charge is 0.370 e. The normalized spacial score (nSPS) is 23.8. The monoisotopic (exact) mass is 361 g/mol. The van der Waals surface area contributed by atoms with E-state index in [2.05, 4.69) is 10.3 Å². The van der Waals surface area contributed by atoms with Crippen LogP contribution in [0.2, 0.25) is 0 Å². The molecule has 0 radical (unpaired) electrons. The van der Waals surface area contributed by atoms with E-state index >= 15 is 0 Å². The van der Waals surface area contributed by atoms with Gasteiger partial charge in [-0.05, 0) is 19.3 Å². The van der Waals surface area contributed by atoms with Gasteiger partial charge in [-0.25, -0.2) is 8.42 Å². The molecule has 1 saturated heterocycles. The standard InChI is InChI=1S/C9H19N3O2S.HI/c1-2-5-11-9(10)12-7-8-4-3-6-15(8,13)14;/h8H,2-7H2,1H3,(H3,10,11,12);1H. The summed E-state index contributed by atoms with van der Waals surface area (Å²) in [6.45, 7) is 3.10. The second kappa shape index (κ2) is 7.31. The molecule has 1 aliphatic heterocycles. The van der Waals surface area contributed by atoms with Crippen LogP contribution >= 0.6 is 24.0 Å². The number of halogens is 1. The molecule has 3 N–H and O–H groups in total. The van der Waals surface area contributed by atoms with E-state index < -0.39 is 9.84 Å². The van der Waals surface area contributed by atoms with Gasteiger partial charge < -0.3 is 11.1 Å². The number of hydrogen-bond acceptors (Lipinski definition) is 3. The number of hydrogen-bond donors (Lipinski definition) is 2. The molecule has 16 heavy (non-hydrogen) atoms. The average Bonchev–Trinajstić information content (AvgIpc) is 2.51. The topological polar surface area (TPSA) is 84.5 Å². The molecule has 0 spiro atoms. The van der Waals surface area contributed by atoms with E-state index in [0.29, 0.717) is 24.7 Å². The molecule has 0 amide bonds. The second-order valence-corrected chi connectivity index (χ2v) is 6.18. The first-order valence-electron chi connectivity index (χ1n) is 5.31. The molecule has 1 atom stereocenters. The quantitative estimate of drug-likeness (QED) is 0.434. The predicted molar refractivity (Wildman–Crippen MR) is 77.0 cm³/mol. The van der Waals surface area contributed by atoms with E-state index in [1.54, 1.807) is 0 Å². The highest BCUT2D eigenvalue weighted by atomic mass is 127. The van der Waals surface area contributed by atoms with Crippen LogP contribution in [0.4, 0.5) is 0 Å². The summed E-state index contributed by atoms with van der Waals surface area (Å²) in [5.74, 6) is 0.647. The van der Waals surface area contributed by atoms with Crippen LogP contribution in [0, 0.1) is 0 Å². The van der Waals surface area contributed by atoms with E-state index in [-0.39, 0.29) is 29.2 Å². The number of nitrogens with one attached hydrogen (secondary N) is 1. The van der Waals surface area contributed by atoms with Gasteiger partial charge in [0.15, 0.2) is 15.8 Å². The fraction of sp³-hybridized carbons (Fsp3) is 0.889. The number of sulfone groups is 1. The summed E-state index contributed by atoms with van der Waals surface area (Å²) in [4.78, 5) is 4.04. The predicted octanol–water partition coefficient (Wildman–Crippen LogP) is 0.496. The van der Waals surface area contributed by atoms with Crippen molar-refractivity contribution in [2.75, 3.05) is 18.8 Å². The third-order valence-electron chi connectivity index (χ3n) is 2.48. The Bertz CT molecular complexity index is 330. The number of guanidine groups is 1. The lowest BCUT2D eigenvalue weighted by molar-refractivity contribution is 0.590. The molecule has 1 aliphatic rings. The number of rotatable bonds is 4. The Kier molecular flexibility index (Phi) is 7.29. The maximum atomic E-state index is 11.5. The van der Waals surface area contributed by atoms with Crippen molar-refractivity contribution in [3.8, 4) is 0 Å². The zero-order valence-corrected chi connectivity index (χ0v) is 12.6. The van der Waals surface area contributed by atoms with E-state index in [0.717, 1.165) is 19.4 Å². The SMILES string of the molecule is CCCNC(N)=NCC1CCCS1(=O)=O.I. The number of nitrogens with two attached hydrogens (primary N) is 1. The van der Waals surface area contributed by atoms with Gasteiger partial charge in [-0.1, -0.05) is 6.92 Å². The van der Waals surface area contributed by atoms with Gasteiger partial charge in [0.05, 0.1) is 17.5 Å². The molecule has 0 aromatic heterocycles. The van der Waals surface area contributed by atoms with Crippen LogP contribution in [0.15, 0.2) is 4.99 Å². The lowest BCUT2D eigenvalue weighted by atomic mass is 10.2. The van der Waals surface area contributed by atoms with Crippen molar-refractivity contribution in [2.45, 2.75) is 31.4 Å². The van der Waals surface area contributed by atoms with Crippen molar-refractivity contribution in [3.63, 3.8) is 0 Å². The fourth-order valence-corrected chi connectivity index (χ4v) is 3.30. The minimum Gasteiger partial charge on any atom is -0.370 e. The van der Waals surface area contributed by atoms with Gasteiger partial charge in [-0.3, -0.25) is 4.99 Å². The second-order valence-electron chi connectivity index (χ2n) is 3.78. The number of aliphatic imine (C=N–C) groups is 1.